The van der Waals surface area contributed by atoms with E-state index < -0.39 is 10.0 Å². The summed E-state index contributed by atoms with van der Waals surface area (Å²) in [7, 11) is -3.21. The zero-order valence-corrected chi connectivity index (χ0v) is 15.0. The highest BCUT2D eigenvalue weighted by molar-refractivity contribution is 7.90. The molecule has 1 aromatic heterocycles. The maximum Gasteiger partial charge on any atom is 0.215 e. The number of aromatic nitrogens is 2. The molecule has 1 aliphatic heterocycles. The van der Waals surface area contributed by atoms with E-state index in [1.807, 2.05) is 38.2 Å². The van der Waals surface area contributed by atoms with Crippen LogP contribution in [0.4, 0.5) is 0 Å². The maximum atomic E-state index is 12.2. The average Bonchev–Trinajstić information content (AvgIpc) is 3.16. The van der Waals surface area contributed by atoms with Crippen LogP contribution in [0.1, 0.15) is 24.9 Å². The predicted octanol–water partition coefficient (Wildman–Crippen LogP) is 1.69. The lowest BCUT2D eigenvalue weighted by Crippen LogP contribution is -2.36. The Hall–Kier alpha value is -1.70. The third-order valence-corrected chi connectivity index (χ3v) is 6.38. The quantitative estimate of drug-likeness (QED) is 0.863. The third kappa shape index (κ3) is 3.53. The number of nitrogens with zero attached hydrogens (tertiary/aromatic N) is 3. The Balaban J connectivity index is 1.75. The van der Waals surface area contributed by atoms with Crippen molar-refractivity contribution in [1.29, 1.82) is 0 Å². The number of sulfonamides is 1. The number of para-hydroxylation sites is 1. The van der Waals surface area contributed by atoms with Crippen LogP contribution >= 0.6 is 0 Å². The lowest BCUT2D eigenvalue weighted by Gasteiger charge is -2.18. The van der Waals surface area contributed by atoms with Crippen LogP contribution in [0, 0.1) is 6.92 Å². The predicted molar refractivity (Wildman–Crippen MR) is 94.6 cm³/mol. The lowest BCUT2D eigenvalue weighted by molar-refractivity contribution is 0.325. The van der Waals surface area contributed by atoms with E-state index in [9.17, 15) is 8.42 Å². The fourth-order valence-corrected chi connectivity index (χ4v) is 4.74. The molecule has 1 aliphatic rings. The number of likely N-dealkylation sites (tertiary alicyclic amines) is 1. The molecule has 0 amide bonds. The van der Waals surface area contributed by atoms with Gasteiger partial charge in [0.05, 0.1) is 17.1 Å². The van der Waals surface area contributed by atoms with Gasteiger partial charge in [0.2, 0.25) is 10.0 Å². The molecule has 0 saturated carbocycles. The normalized spacial score (nSPS) is 19.0. The molecule has 1 aromatic carbocycles. The Kier molecular flexibility index (Phi) is 5.03. The minimum atomic E-state index is -3.21. The molecule has 1 fully saturated rings. The molecule has 0 spiro atoms. The Morgan fingerprint density at radius 2 is 2.04 bits per heavy atom. The Labute approximate surface area is 143 Å². The van der Waals surface area contributed by atoms with Gasteiger partial charge in [-0.3, -0.25) is 9.47 Å². The van der Waals surface area contributed by atoms with E-state index >= 15 is 0 Å². The Bertz CT molecular complexity index is 786. The highest BCUT2D eigenvalue weighted by atomic mass is 32.2. The molecule has 6 nitrogen and oxygen atoms in total. The zero-order chi connectivity index (χ0) is 17.2. The molecule has 1 atom stereocenters. The molecule has 2 aromatic rings. The third-order valence-electron chi connectivity index (χ3n) is 4.42. The first-order chi connectivity index (χ1) is 11.5. The number of hydrogen-bond acceptors (Lipinski definition) is 4. The van der Waals surface area contributed by atoms with Crippen molar-refractivity contribution in [2.75, 3.05) is 19.6 Å². The van der Waals surface area contributed by atoms with Gasteiger partial charge in [0.1, 0.15) is 5.82 Å². The summed E-state index contributed by atoms with van der Waals surface area (Å²) in [5, 5.41) is -0.327. The van der Waals surface area contributed by atoms with E-state index in [0.29, 0.717) is 26.1 Å². The summed E-state index contributed by atoms with van der Waals surface area (Å²) in [6.07, 6.45) is 2.56. The van der Waals surface area contributed by atoms with Gasteiger partial charge in [0, 0.05) is 25.3 Å². The summed E-state index contributed by atoms with van der Waals surface area (Å²) in [6, 6.07) is 10.1. The lowest BCUT2D eigenvalue weighted by atomic mass is 10.3. The summed E-state index contributed by atoms with van der Waals surface area (Å²) in [5.74, 6) is 0.937. The molecule has 0 bridgehead atoms. The first-order valence-electron chi connectivity index (χ1n) is 8.30. The second kappa shape index (κ2) is 7.04. The molecule has 0 aliphatic carbocycles. The molecule has 130 valence electrons. The van der Waals surface area contributed by atoms with Gasteiger partial charge in [0.25, 0.3) is 0 Å². The number of benzene rings is 1. The van der Waals surface area contributed by atoms with Gasteiger partial charge in [-0.2, -0.15) is 0 Å². The van der Waals surface area contributed by atoms with Crippen molar-refractivity contribution in [3.05, 3.63) is 48.0 Å². The van der Waals surface area contributed by atoms with Gasteiger partial charge in [-0.1, -0.05) is 25.1 Å². The number of imidazole rings is 1. The molecular weight excluding hydrogens is 324 g/mol. The molecule has 2 heterocycles. The maximum absolute atomic E-state index is 12.2. The summed E-state index contributed by atoms with van der Waals surface area (Å²) in [5.41, 5.74) is 2.17. The second-order valence-electron chi connectivity index (χ2n) is 6.16. The van der Waals surface area contributed by atoms with Crippen molar-refractivity contribution < 1.29 is 8.42 Å². The van der Waals surface area contributed by atoms with Crippen LogP contribution in [-0.4, -0.2) is 47.8 Å². The molecule has 1 saturated heterocycles. The molecule has 1 unspecified atom stereocenters. The van der Waals surface area contributed by atoms with E-state index in [4.69, 9.17) is 0 Å². The van der Waals surface area contributed by atoms with Crippen LogP contribution < -0.4 is 4.72 Å². The van der Waals surface area contributed by atoms with Crippen LogP contribution in [0.5, 0.6) is 0 Å². The minimum absolute atomic E-state index is 0.327. The fourth-order valence-electron chi connectivity index (χ4n) is 3.27. The van der Waals surface area contributed by atoms with E-state index in [0.717, 1.165) is 23.8 Å². The topological polar surface area (TPSA) is 67.2 Å². The van der Waals surface area contributed by atoms with E-state index in [2.05, 4.69) is 31.3 Å². The molecule has 7 heteroatoms. The first-order valence-corrected chi connectivity index (χ1v) is 9.85. The Morgan fingerprint density at radius 1 is 1.29 bits per heavy atom. The summed E-state index contributed by atoms with van der Waals surface area (Å²) in [6.45, 7) is 6.29. The van der Waals surface area contributed by atoms with Crippen LogP contribution in [0.25, 0.3) is 5.69 Å². The van der Waals surface area contributed by atoms with Crippen molar-refractivity contribution in [1.82, 2.24) is 19.2 Å². The average molecular weight is 348 g/mol. The number of nitrogens with one attached hydrogen (secondary N) is 1. The van der Waals surface area contributed by atoms with Gasteiger partial charge >= 0.3 is 0 Å². The van der Waals surface area contributed by atoms with Crippen molar-refractivity contribution in [3.63, 3.8) is 0 Å². The number of hydrogen-bond donors (Lipinski definition) is 1. The largest absolute Gasteiger partial charge is 0.300 e. The van der Waals surface area contributed by atoms with Crippen molar-refractivity contribution in [2.45, 2.75) is 32.1 Å². The molecule has 3 rings (SSSR count). The fraction of sp³-hybridized carbons (Fsp3) is 0.471. The van der Waals surface area contributed by atoms with Crippen LogP contribution in [0.15, 0.2) is 36.5 Å². The van der Waals surface area contributed by atoms with Crippen molar-refractivity contribution >= 4 is 10.0 Å². The van der Waals surface area contributed by atoms with E-state index in [-0.39, 0.29) is 5.25 Å². The summed E-state index contributed by atoms with van der Waals surface area (Å²) >= 11 is 0. The van der Waals surface area contributed by atoms with Crippen LogP contribution in [0.2, 0.25) is 0 Å². The van der Waals surface area contributed by atoms with E-state index in [1.165, 1.54) is 0 Å². The minimum Gasteiger partial charge on any atom is -0.300 e. The van der Waals surface area contributed by atoms with Gasteiger partial charge < -0.3 is 0 Å². The van der Waals surface area contributed by atoms with Gasteiger partial charge in [-0.15, -0.1) is 0 Å². The Morgan fingerprint density at radius 3 is 2.75 bits per heavy atom. The van der Waals surface area contributed by atoms with E-state index in [1.54, 1.807) is 0 Å². The SMILES string of the molecule is CCNS(=O)(=O)C1CCN(Cc2cnc(C)n2-c2ccccc2)C1. The molecule has 1 N–H and O–H groups in total. The molecular formula is C17H24N4O2S. The number of aryl methyl sites for hydroxylation is 1. The summed E-state index contributed by atoms with van der Waals surface area (Å²) in [4.78, 5) is 6.63. The highest BCUT2D eigenvalue weighted by Crippen LogP contribution is 2.21. The van der Waals surface area contributed by atoms with Crippen molar-refractivity contribution in [3.8, 4) is 5.69 Å². The van der Waals surface area contributed by atoms with Gasteiger partial charge in [0.15, 0.2) is 0 Å². The van der Waals surface area contributed by atoms with Crippen LogP contribution in [0.3, 0.4) is 0 Å². The monoisotopic (exact) mass is 348 g/mol. The summed E-state index contributed by atoms with van der Waals surface area (Å²) < 4.78 is 29.1. The van der Waals surface area contributed by atoms with Gasteiger partial charge in [-0.05, 0) is 32.0 Å². The highest BCUT2D eigenvalue weighted by Gasteiger charge is 2.32. The standard InChI is InChI=1S/C17H24N4O2S/c1-3-19-24(22,23)17-9-10-20(13-17)12-16-11-18-14(2)21(16)15-7-5-4-6-8-15/h4-8,11,17,19H,3,9-10,12-13H2,1-2H3. The number of rotatable bonds is 6. The smallest absolute Gasteiger partial charge is 0.215 e. The van der Waals surface area contributed by atoms with Crippen LogP contribution in [-0.2, 0) is 16.6 Å². The van der Waals surface area contributed by atoms with Gasteiger partial charge in [-0.25, -0.2) is 18.1 Å². The molecule has 24 heavy (non-hydrogen) atoms. The first kappa shape index (κ1) is 17.1. The zero-order valence-electron chi connectivity index (χ0n) is 14.1. The second-order valence-corrected chi connectivity index (χ2v) is 8.20. The molecule has 0 radical (unpaired) electrons. The van der Waals surface area contributed by atoms with Crippen molar-refractivity contribution in [2.24, 2.45) is 0 Å².